The third kappa shape index (κ3) is 3.79. The van der Waals surface area contributed by atoms with Gasteiger partial charge in [-0.15, -0.1) is 22.7 Å². The van der Waals surface area contributed by atoms with Crippen LogP contribution in [0.25, 0.3) is 11.3 Å². The van der Waals surface area contributed by atoms with E-state index in [-0.39, 0.29) is 17.7 Å². The highest BCUT2D eigenvalue weighted by atomic mass is 32.1. The van der Waals surface area contributed by atoms with E-state index in [1.54, 1.807) is 23.3 Å². The number of aryl methyl sites for hydroxylation is 1. The second kappa shape index (κ2) is 7.96. The van der Waals surface area contributed by atoms with Gasteiger partial charge in [0.1, 0.15) is 0 Å². The Kier molecular flexibility index (Phi) is 5.16. The van der Waals surface area contributed by atoms with Crippen LogP contribution in [-0.2, 0) is 22.4 Å². The number of benzene rings is 1. The molecule has 1 aliphatic heterocycles. The quantitative estimate of drug-likeness (QED) is 0.578. The third-order valence-corrected chi connectivity index (χ3v) is 7.54. The molecule has 1 fully saturated rings. The molecule has 2 aromatic heterocycles. The van der Waals surface area contributed by atoms with Gasteiger partial charge in [-0.05, 0) is 54.8 Å². The Morgan fingerprint density at radius 2 is 2.10 bits per heavy atom. The topological polar surface area (TPSA) is 53.5 Å². The van der Waals surface area contributed by atoms with Gasteiger partial charge < -0.3 is 4.90 Å². The van der Waals surface area contributed by atoms with Gasteiger partial charge in [-0.2, -0.15) is 0 Å². The van der Waals surface area contributed by atoms with Gasteiger partial charge in [0.15, 0.2) is 5.13 Å². The highest BCUT2D eigenvalue weighted by Gasteiger charge is 2.35. The second-order valence-electron chi connectivity index (χ2n) is 7.94. The van der Waals surface area contributed by atoms with Crippen molar-refractivity contribution in [1.29, 1.82) is 0 Å². The van der Waals surface area contributed by atoms with Crippen molar-refractivity contribution in [1.82, 2.24) is 4.98 Å². The van der Waals surface area contributed by atoms with Crippen molar-refractivity contribution in [3.8, 4) is 11.3 Å². The number of anilines is 2. The highest BCUT2D eigenvalue weighted by molar-refractivity contribution is 7.14. The van der Waals surface area contributed by atoms with Crippen LogP contribution in [-0.4, -0.2) is 30.4 Å². The van der Waals surface area contributed by atoms with Crippen LogP contribution < -0.4 is 9.80 Å². The zero-order valence-electron chi connectivity index (χ0n) is 16.8. The van der Waals surface area contributed by atoms with Crippen LogP contribution in [0.2, 0.25) is 0 Å². The minimum Gasteiger partial charge on any atom is -0.312 e. The first-order chi connectivity index (χ1) is 14.6. The summed E-state index contributed by atoms with van der Waals surface area (Å²) < 4.78 is 0. The van der Waals surface area contributed by atoms with Gasteiger partial charge in [0.2, 0.25) is 11.8 Å². The van der Waals surface area contributed by atoms with E-state index in [4.69, 9.17) is 4.98 Å². The Hall–Kier alpha value is -2.51. The minimum absolute atomic E-state index is 0.0398. The van der Waals surface area contributed by atoms with Gasteiger partial charge in [0.25, 0.3) is 0 Å². The normalized spacial score (nSPS) is 15.7. The molecule has 5 rings (SSSR count). The summed E-state index contributed by atoms with van der Waals surface area (Å²) in [5, 5.41) is 4.69. The van der Waals surface area contributed by atoms with E-state index in [0.29, 0.717) is 11.6 Å². The zero-order chi connectivity index (χ0) is 20.7. The molecule has 1 aliphatic carbocycles. The third-order valence-electron chi connectivity index (χ3n) is 5.75. The monoisotopic (exact) mass is 437 g/mol. The molecule has 2 aliphatic rings. The van der Waals surface area contributed by atoms with Crippen molar-refractivity contribution in [2.75, 3.05) is 23.4 Å². The summed E-state index contributed by atoms with van der Waals surface area (Å²) in [7, 11) is 1.78. The fourth-order valence-electron chi connectivity index (χ4n) is 3.87. The van der Waals surface area contributed by atoms with E-state index >= 15 is 0 Å². The molecule has 0 bridgehead atoms. The van der Waals surface area contributed by atoms with Crippen molar-refractivity contribution in [3.05, 3.63) is 51.5 Å². The van der Waals surface area contributed by atoms with Crippen LogP contribution in [0.5, 0.6) is 0 Å². The second-order valence-corrected chi connectivity index (χ2v) is 9.80. The Morgan fingerprint density at radius 3 is 2.87 bits per heavy atom. The molecule has 3 aromatic rings. The highest BCUT2D eigenvalue weighted by Crippen LogP contribution is 2.37. The summed E-state index contributed by atoms with van der Waals surface area (Å²) in [6, 6.07) is 10.2. The first-order valence-electron chi connectivity index (χ1n) is 10.3. The molecule has 1 aromatic carbocycles. The summed E-state index contributed by atoms with van der Waals surface area (Å²) in [5.74, 6) is 0.558. The molecule has 2 amide bonds. The SMILES string of the molecule is CN(C(=O)Cc1cccs1)c1nc(-c2ccc3c(c2)CCCN3C(=O)C2CC2)cs1. The molecule has 30 heavy (non-hydrogen) atoms. The summed E-state index contributed by atoms with van der Waals surface area (Å²) in [4.78, 5) is 34.6. The number of carbonyl (C=O) groups excluding carboxylic acids is 2. The molecule has 0 N–H and O–H groups in total. The van der Waals surface area contributed by atoms with E-state index in [1.807, 2.05) is 33.9 Å². The molecule has 0 unspecified atom stereocenters. The zero-order valence-corrected chi connectivity index (χ0v) is 18.5. The van der Waals surface area contributed by atoms with Crippen LogP contribution >= 0.6 is 22.7 Å². The lowest BCUT2D eigenvalue weighted by Gasteiger charge is -2.30. The predicted molar refractivity (Wildman–Crippen MR) is 122 cm³/mol. The number of thiophene rings is 1. The van der Waals surface area contributed by atoms with Crippen LogP contribution in [0.4, 0.5) is 10.8 Å². The average Bonchev–Trinajstić information content (AvgIpc) is 3.27. The van der Waals surface area contributed by atoms with Crippen molar-refractivity contribution in [3.63, 3.8) is 0 Å². The average molecular weight is 438 g/mol. The number of aromatic nitrogens is 1. The van der Waals surface area contributed by atoms with Crippen molar-refractivity contribution < 1.29 is 9.59 Å². The number of amides is 2. The molecule has 0 saturated heterocycles. The smallest absolute Gasteiger partial charge is 0.233 e. The molecule has 154 valence electrons. The number of rotatable bonds is 5. The molecule has 1 saturated carbocycles. The molecular formula is C23H23N3O2S2. The number of hydrogen-bond acceptors (Lipinski definition) is 5. The van der Waals surface area contributed by atoms with Gasteiger partial charge in [-0.25, -0.2) is 4.98 Å². The Bertz CT molecular complexity index is 1090. The lowest BCUT2D eigenvalue weighted by Crippen LogP contribution is -2.36. The van der Waals surface area contributed by atoms with Crippen LogP contribution in [0.1, 0.15) is 29.7 Å². The first-order valence-corrected chi connectivity index (χ1v) is 12.1. The summed E-state index contributed by atoms with van der Waals surface area (Å²) in [6.45, 7) is 0.819. The van der Waals surface area contributed by atoms with Crippen molar-refractivity contribution >= 4 is 45.3 Å². The number of likely N-dealkylation sites (N-methyl/N-ethyl adjacent to an activating group) is 1. The van der Waals surface area contributed by atoms with E-state index < -0.39 is 0 Å². The number of carbonyl (C=O) groups is 2. The van der Waals surface area contributed by atoms with Crippen molar-refractivity contribution in [2.24, 2.45) is 5.92 Å². The largest absolute Gasteiger partial charge is 0.312 e. The van der Waals surface area contributed by atoms with E-state index in [0.717, 1.165) is 54.0 Å². The standard InChI is InChI=1S/C23H23N3O2S2/c1-25(21(27)13-18-5-3-11-29-18)23-24-19(14-30-23)16-8-9-20-17(12-16)4-2-10-26(20)22(28)15-6-7-15/h3,5,8-9,11-12,14-15H,2,4,6-7,10,13H2,1H3. The van der Waals surface area contributed by atoms with E-state index in [1.165, 1.54) is 16.9 Å². The van der Waals surface area contributed by atoms with Gasteiger partial charge in [0.05, 0.1) is 12.1 Å². The minimum atomic E-state index is 0.0398. The number of hydrogen-bond donors (Lipinski definition) is 0. The molecule has 0 spiro atoms. The number of nitrogens with zero attached hydrogens (tertiary/aromatic N) is 3. The van der Waals surface area contributed by atoms with Crippen LogP contribution in [0.3, 0.4) is 0 Å². The summed E-state index contributed by atoms with van der Waals surface area (Å²) in [6.07, 6.45) is 4.43. The number of thiazole rings is 1. The fraction of sp³-hybridized carbons (Fsp3) is 0.348. The molecule has 0 atom stereocenters. The number of fused-ring (bicyclic) bond motifs is 1. The maximum atomic E-state index is 12.6. The summed E-state index contributed by atoms with van der Waals surface area (Å²) in [5.41, 5.74) is 4.18. The van der Waals surface area contributed by atoms with Gasteiger partial charge in [0, 0.05) is 41.0 Å². The van der Waals surface area contributed by atoms with E-state index in [9.17, 15) is 9.59 Å². The Balaban J connectivity index is 1.35. The molecule has 3 heterocycles. The molecule has 0 radical (unpaired) electrons. The lowest BCUT2D eigenvalue weighted by atomic mass is 9.98. The Labute approximate surface area is 184 Å². The van der Waals surface area contributed by atoms with Crippen LogP contribution in [0.15, 0.2) is 41.1 Å². The predicted octanol–water partition coefficient (Wildman–Crippen LogP) is 4.77. The maximum Gasteiger partial charge on any atom is 0.233 e. The maximum absolute atomic E-state index is 12.6. The first kappa shape index (κ1) is 19.5. The van der Waals surface area contributed by atoms with Crippen molar-refractivity contribution in [2.45, 2.75) is 32.1 Å². The Morgan fingerprint density at radius 1 is 1.23 bits per heavy atom. The molecule has 5 nitrogen and oxygen atoms in total. The fourth-order valence-corrected chi connectivity index (χ4v) is 5.39. The van der Waals surface area contributed by atoms with Gasteiger partial charge in [-0.1, -0.05) is 12.1 Å². The lowest BCUT2D eigenvalue weighted by molar-refractivity contribution is -0.120. The van der Waals surface area contributed by atoms with Gasteiger partial charge in [-0.3, -0.25) is 14.5 Å². The van der Waals surface area contributed by atoms with Gasteiger partial charge >= 0.3 is 0 Å². The van der Waals surface area contributed by atoms with E-state index in [2.05, 4.69) is 12.1 Å². The molecule has 7 heteroatoms. The molecular weight excluding hydrogens is 414 g/mol. The van der Waals surface area contributed by atoms with Crippen LogP contribution in [0, 0.1) is 5.92 Å². The summed E-state index contributed by atoms with van der Waals surface area (Å²) >= 11 is 3.08.